The second kappa shape index (κ2) is 12.8. The molecular weight excluding hydrogens is 685 g/mol. The van der Waals surface area contributed by atoms with E-state index in [0.717, 1.165) is 84.5 Å². The van der Waals surface area contributed by atoms with Crippen LogP contribution in [0, 0.1) is 19.8 Å². The number of rotatable bonds is 6. The molecule has 2 heterocycles. The molecule has 1 atom stereocenters. The third-order valence-electron chi connectivity index (χ3n) is 11.6. The third kappa shape index (κ3) is 5.21. The lowest BCUT2D eigenvalue weighted by atomic mass is 9.82. The number of allylic oxidation sites excluding steroid dienone is 4. The highest BCUT2D eigenvalue weighted by atomic mass is 16.3. The van der Waals surface area contributed by atoms with Crippen LogP contribution in [-0.4, -0.2) is 0 Å². The van der Waals surface area contributed by atoms with Crippen molar-refractivity contribution < 1.29 is 8.83 Å². The molecule has 268 valence electrons. The lowest BCUT2D eigenvalue weighted by Crippen LogP contribution is -2.21. The molecular formula is C52H38N2O2. The molecule has 56 heavy (non-hydrogen) atoms. The summed E-state index contributed by atoms with van der Waals surface area (Å²) in [5, 5.41) is 5.64. The maximum absolute atomic E-state index is 6.71. The van der Waals surface area contributed by atoms with Gasteiger partial charge in [0, 0.05) is 68.2 Å². The third-order valence-corrected chi connectivity index (χ3v) is 11.6. The van der Waals surface area contributed by atoms with E-state index in [9.17, 15) is 0 Å². The van der Waals surface area contributed by atoms with Crippen molar-refractivity contribution in [2.75, 3.05) is 9.80 Å². The quantitative estimate of drug-likeness (QED) is 0.171. The van der Waals surface area contributed by atoms with Crippen molar-refractivity contribution >= 4 is 78.2 Å². The van der Waals surface area contributed by atoms with Crippen LogP contribution >= 0.6 is 0 Å². The molecule has 2 aromatic heterocycles. The van der Waals surface area contributed by atoms with E-state index in [4.69, 9.17) is 8.83 Å². The van der Waals surface area contributed by atoms with Gasteiger partial charge in [0.15, 0.2) is 0 Å². The Morgan fingerprint density at radius 3 is 1.88 bits per heavy atom. The summed E-state index contributed by atoms with van der Waals surface area (Å²) in [6, 6.07) is 53.7. The van der Waals surface area contributed by atoms with E-state index in [1.807, 2.05) is 0 Å². The van der Waals surface area contributed by atoms with Gasteiger partial charge in [-0.1, -0.05) is 91.0 Å². The zero-order valence-corrected chi connectivity index (χ0v) is 31.2. The molecule has 2 aliphatic carbocycles. The summed E-state index contributed by atoms with van der Waals surface area (Å²) < 4.78 is 13.4. The zero-order valence-electron chi connectivity index (χ0n) is 31.2. The van der Waals surface area contributed by atoms with Crippen LogP contribution in [0.4, 0.5) is 28.4 Å². The highest BCUT2D eigenvalue weighted by Gasteiger charge is 2.29. The van der Waals surface area contributed by atoms with Gasteiger partial charge in [0.2, 0.25) is 0 Å². The second-order valence-corrected chi connectivity index (χ2v) is 15.0. The minimum Gasteiger partial charge on any atom is -0.460 e. The van der Waals surface area contributed by atoms with Crippen molar-refractivity contribution in [1.82, 2.24) is 0 Å². The Bertz CT molecular complexity index is 3090. The SMILES string of the molecule is Cc1ccccc1N(C1=CC2Cc3oc4ccc5oc6cc7cc(N(c8ccccc8)c8ccccc8C)ccc7cc6c5c4c3C=C2C=C1)c1ccccc1. The Kier molecular flexibility index (Phi) is 7.39. The maximum Gasteiger partial charge on any atom is 0.136 e. The first kappa shape index (κ1) is 32.4. The Morgan fingerprint density at radius 1 is 0.518 bits per heavy atom. The summed E-state index contributed by atoms with van der Waals surface area (Å²) in [5.41, 5.74) is 14.4. The average molecular weight is 723 g/mol. The predicted octanol–water partition coefficient (Wildman–Crippen LogP) is 14.4. The van der Waals surface area contributed by atoms with Crippen LogP contribution in [0.15, 0.2) is 190 Å². The predicted molar refractivity (Wildman–Crippen MR) is 233 cm³/mol. The molecule has 0 saturated carbocycles. The number of hydrogen-bond donors (Lipinski definition) is 0. The van der Waals surface area contributed by atoms with Gasteiger partial charge in [-0.3, -0.25) is 0 Å². The van der Waals surface area contributed by atoms with Gasteiger partial charge in [0.05, 0.1) is 0 Å². The number of benzene rings is 7. The number of aryl methyl sites for hydroxylation is 2. The number of hydrogen-bond acceptors (Lipinski definition) is 4. The molecule has 0 radical (unpaired) electrons. The molecule has 4 nitrogen and oxygen atoms in total. The molecule has 0 aliphatic heterocycles. The molecule has 4 heteroatoms. The number of anilines is 5. The smallest absolute Gasteiger partial charge is 0.136 e. The molecule has 0 N–H and O–H groups in total. The molecule has 0 amide bonds. The van der Waals surface area contributed by atoms with E-state index >= 15 is 0 Å². The largest absolute Gasteiger partial charge is 0.460 e. The fourth-order valence-corrected chi connectivity index (χ4v) is 8.85. The minimum atomic E-state index is 0.197. The Morgan fingerprint density at radius 2 is 1.16 bits per heavy atom. The lowest BCUT2D eigenvalue weighted by Gasteiger charge is -2.32. The molecule has 0 bridgehead atoms. The molecule has 2 aliphatic rings. The summed E-state index contributed by atoms with van der Waals surface area (Å²) in [7, 11) is 0. The van der Waals surface area contributed by atoms with E-state index in [1.54, 1.807) is 0 Å². The molecule has 11 rings (SSSR count). The normalized spacial score (nSPS) is 14.9. The van der Waals surface area contributed by atoms with Crippen LogP contribution < -0.4 is 9.80 Å². The molecule has 1 unspecified atom stereocenters. The second-order valence-electron chi connectivity index (χ2n) is 15.0. The van der Waals surface area contributed by atoms with Gasteiger partial charge in [-0.05, 0) is 126 Å². The van der Waals surface area contributed by atoms with Crippen molar-refractivity contribution in [2.24, 2.45) is 5.92 Å². The van der Waals surface area contributed by atoms with Crippen LogP contribution in [0.1, 0.15) is 22.5 Å². The van der Waals surface area contributed by atoms with Crippen LogP contribution in [0.2, 0.25) is 0 Å². The van der Waals surface area contributed by atoms with E-state index in [-0.39, 0.29) is 5.92 Å². The Balaban J connectivity index is 1.01. The summed E-state index contributed by atoms with van der Waals surface area (Å²) in [6.45, 7) is 4.35. The van der Waals surface area contributed by atoms with E-state index in [1.165, 1.54) is 27.8 Å². The van der Waals surface area contributed by atoms with Crippen molar-refractivity contribution in [3.05, 3.63) is 204 Å². The van der Waals surface area contributed by atoms with Crippen molar-refractivity contribution in [3.63, 3.8) is 0 Å². The van der Waals surface area contributed by atoms with Crippen LogP contribution in [0.5, 0.6) is 0 Å². The number of fused-ring (bicyclic) bond motifs is 9. The van der Waals surface area contributed by atoms with Gasteiger partial charge in [-0.25, -0.2) is 0 Å². The summed E-state index contributed by atoms with van der Waals surface area (Å²) in [6.07, 6.45) is 10.1. The van der Waals surface area contributed by atoms with Crippen LogP contribution in [-0.2, 0) is 6.42 Å². The minimum absolute atomic E-state index is 0.197. The molecule has 0 fully saturated rings. The summed E-state index contributed by atoms with van der Waals surface area (Å²) in [5.74, 6) is 1.22. The summed E-state index contributed by atoms with van der Waals surface area (Å²) >= 11 is 0. The van der Waals surface area contributed by atoms with Crippen LogP contribution in [0.25, 0.3) is 49.8 Å². The Labute approximate surface area is 325 Å². The standard InChI is InChI=1S/C52H38N2O2/c1-33-13-9-11-19-45(33)53(39-15-5-3-6-16-39)41-23-21-35-29-43-49(31-37(35)27-41)55-47-25-26-48-52(51(43)47)44-30-36-22-24-42(28-38(36)32-50(44)56-48)54(40-17-7-4-8-18-40)46-20-12-10-14-34(46)2/h3-31,38H,32H2,1-2H3. The topological polar surface area (TPSA) is 32.8 Å². The highest BCUT2D eigenvalue weighted by Crippen LogP contribution is 2.46. The first-order valence-electron chi connectivity index (χ1n) is 19.3. The number of furan rings is 2. The fraction of sp³-hybridized carbons (Fsp3) is 0.0769. The fourth-order valence-electron chi connectivity index (χ4n) is 8.85. The lowest BCUT2D eigenvalue weighted by molar-refractivity contribution is 0.520. The van der Waals surface area contributed by atoms with E-state index in [0.29, 0.717) is 0 Å². The first-order chi connectivity index (χ1) is 27.6. The van der Waals surface area contributed by atoms with Crippen molar-refractivity contribution in [2.45, 2.75) is 20.3 Å². The van der Waals surface area contributed by atoms with Crippen LogP contribution in [0.3, 0.4) is 0 Å². The summed E-state index contributed by atoms with van der Waals surface area (Å²) in [4.78, 5) is 4.70. The number of nitrogens with zero attached hydrogens (tertiary/aromatic N) is 2. The molecule has 0 spiro atoms. The maximum atomic E-state index is 6.71. The molecule has 7 aromatic carbocycles. The van der Waals surface area contributed by atoms with Gasteiger partial charge >= 0.3 is 0 Å². The van der Waals surface area contributed by atoms with E-state index < -0.39 is 0 Å². The average Bonchev–Trinajstić information content (AvgIpc) is 3.78. The van der Waals surface area contributed by atoms with Gasteiger partial charge in [0.1, 0.15) is 22.5 Å². The van der Waals surface area contributed by atoms with Crippen molar-refractivity contribution in [1.29, 1.82) is 0 Å². The monoisotopic (exact) mass is 722 g/mol. The van der Waals surface area contributed by atoms with E-state index in [2.05, 4.69) is 200 Å². The van der Waals surface area contributed by atoms with Gasteiger partial charge in [-0.15, -0.1) is 0 Å². The molecule has 9 aromatic rings. The first-order valence-corrected chi connectivity index (χ1v) is 19.3. The van der Waals surface area contributed by atoms with Gasteiger partial charge in [0.25, 0.3) is 0 Å². The molecule has 0 saturated heterocycles. The Hall–Kier alpha value is -7.04. The van der Waals surface area contributed by atoms with Gasteiger partial charge < -0.3 is 18.6 Å². The number of para-hydroxylation sites is 4. The highest BCUT2D eigenvalue weighted by molar-refractivity contribution is 6.22. The zero-order chi connectivity index (χ0) is 37.3. The van der Waals surface area contributed by atoms with Crippen molar-refractivity contribution in [3.8, 4) is 0 Å². The van der Waals surface area contributed by atoms with Gasteiger partial charge in [-0.2, -0.15) is 0 Å².